The molecule has 0 saturated heterocycles. The van der Waals surface area contributed by atoms with E-state index in [1.54, 1.807) is 0 Å². The van der Waals surface area contributed by atoms with E-state index in [4.69, 9.17) is 25.2 Å². The van der Waals surface area contributed by atoms with Crippen molar-refractivity contribution in [2.45, 2.75) is 193 Å². The van der Waals surface area contributed by atoms with E-state index >= 15 is 0 Å². The summed E-state index contributed by atoms with van der Waals surface area (Å²) in [6.45, 7) is 3.62. The van der Waals surface area contributed by atoms with Crippen molar-refractivity contribution in [2.24, 2.45) is 0 Å². The van der Waals surface area contributed by atoms with Crippen LogP contribution in [0.1, 0.15) is 181 Å². The number of hydrogen-bond acceptors (Lipinski definition) is 6. The molecule has 9 nitrogen and oxygen atoms in total. The van der Waals surface area contributed by atoms with Crippen LogP contribution in [0.25, 0.3) is 0 Å². The van der Waals surface area contributed by atoms with Gasteiger partial charge in [-0.2, -0.15) is 0 Å². The number of hydrogen-bond donors (Lipinski definition) is 6. The quantitative estimate of drug-likeness (QED) is 0.0232. The molecule has 0 aliphatic rings. The summed E-state index contributed by atoms with van der Waals surface area (Å²) in [5.41, 5.74) is 0. The Morgan fingerprint density at radius 3 is 1.10 bits per heavy atom. The molecule has 2 unspecified atom stereocenters. The van der Waals surface area contributed by atoms with Crippen molar-refractivity contribution in [3.8, 4) is 0 Å². The van der Waals surface area contributed by atoms with Gasteiger partial charge in [-0.05, 0) is 64.2 Å². The van der Waals surface area contributed by atoms with Crippen LogP contribution in [-0.4, -0.2) is 67.4 Å². The zero-order valence-electron chi connectivity index (χ0n) is 30.5. The van der Waals surface area contributed by atoms with Gasteiger partial charge in [-0.3, -0.25) is 9.59 Å². The van der Waals surface area contributed by atoms with E-state index in [-0.39, 0.29) is 33.9 Å². The molecule has 10 heteroatoms. The van der Waals surface area contributed by atoms with Gasteiger partial charge in [0.15, 0.2) is 0 Å². The molecule has 0 fully saturated rings. The van der Waals surface area contributed by atoms with E-state index in [1.807, 2.05) is 0 Å². The van der Waals surface area contributed by atoms with E-state index in [0.29, 0.717) is 12.8 Å². The molecule has 0 aromatic heterocycles. The van der Waals surface area contributed by atoms with Crippen LogP contribution < -0.4 is 0 Å². The van der Waals surface area contributed by atoms with Crippen LogP contribution in [0, 0.1) is 0 Å². The topological polar surface area (TPSA) is 173 Å². The molecule has 0 radical (unpaired) electrons. The molecule has 0 aromatic rings. The van der Waals surface area contributed by atoms with Gasteiger partial charge in [0.05, 0.1) is 12.2 Å². The summed E-state index contributed by atoms with van der Waals surface area (Å²) >= 11 is 0. The first-order chi connectivity index (χ1) is 22.6. The van der Waals surface area contributed by atoms with Crippen LogP contribution in [0.3, 0.4) is 0 Å². The third-order valence-corrected chi connectivity index (χ3v) is 7.59. The van der Waals surface area contributed by atoms with Crippen LogP contribution in [0.5, 0.6) is 0 Å². The predicted molar refractivity (Wildman–Crippen MR) is 192 cm³/mol. The van der Waals surface area contributed by atoms with E-state index in [0.717, 1.165) is 103 Å². The van der Waals surface area contributed by atoms with Crippen molar-refractivity contribution >= 4 is 17.9 Å². The molecular formula is C38H72O9Ti. The molecule has 0 aliphatic heterocycles. The van der Waals surface area contributed by atoms with E-state index in [2.05, 4.69) is 38.2 Å². The first kappa shape index (κ1) is 53.3. The Bertz CT molecular complexity index is 690. The fourth-order valence-electron chi connectivity index (χ4n) is 4.73. The van der Waals surface area contributed by atoms with Gasteiger partial charge in [-0.15, -0.1) is 0 Å². The van der Waals surface area contributed by atoms with Crippen molar-refractivity contribution in [3.63, 3.8) is 0 Å². The van der Waals surface area contributed by atoms with Gasteiger partial charge in [0, 0.05) is 34.6 Å². The summed E-state index contributed by atoms with van der Waals surface area (Å²) in [5, 5.41) is 51.6. The zero-order chi connectivity index (χ0) is 35.8. The Balaban J connectivity index is -0.000000346. The fraction of sp³-hybridized carbons (Fsp3) is 0.816. The zero-order valence-corrected chi connectivity index (χ0v) is 32.0. The maximum atomic E-state index is 10.3. The summed E-state index contributed by atoms with van der Waals surface area (Å²) in [6.07, 6.45) is 34.7. The number of aliphatic carboxylic acids is 3. The van der Waals surface area contributed by atoms with E-state index in [1.165, 1.54) is 51.4 Å². The number of carboxylic acid groups (broad SMARTS) is 3. The summed E-state index contributed by atoms with van der Waals surface area (Å²) in [5.74, 6) is -2.57. The molecule has 2 atom stereocenters. The first-order valence-corrected chi connectivity index (χ1v) is 18.5. The summed E-state index contributed by atoms with van der Waals surface area (Å²) in [6, 6.07) is 0. The molecule has 0 aliphatic carbocycles. The number of unbranched alkanes of at least 4 members (excludes halogenated alkanes) is 16. The number of aliphatic hydroxyl groups is 3. The molecule has 0 heterocycles. The summed E-state index contributed by atoms with van der Waals surface area (Å²) in [4.78, 5) is 29.8. The number of carbonyl (C=O) groups is 3. The standard InChI is InChI=1S/2C18H34O3.C2H4O3.Ti/c2*1-2-3-4-11-14-17(19)15-12-9-7-5-6-8-10-13-16-18(20)21;3-1-2(4)5;/h2*9,12,17,19H,2-8,10-11,13-16H2,1H3,(H,20,21);3H,1H2,(H,4,5);/b2*12-9-;;. The normalized spacial score (nSPS) is 12.0. The van der Waals surface area contributed by atoms with Gasteiger partial charge in [0.1, 0.15) is 6.61 Å². The van der Waals surface area contributed by atoms with Crippen molar-refractivity contribution in [3.05, 3.63) is 24.3 Å². The second kappa shape index (κ2) is 45.5. The van der Waals surface area contributed by atoms with Crippen LogP contribution in [0.2, 0.25) is 0 Å². The smallest absolute Gasteiger partial charge is 0.329 e. The van der Waals surface area contributed by atoms with Gasteiger partial charge < -0.3 is 30.6 Å². The second-order valence-corrected chi connectivity index (χ2v) is 12.4. The second-order valence-electron chi connectivity index (χ2n) is 12.4. The number of carboxylic acids is 3. The van der Waals surface area contributed by atoms with Crippen molar-refractivity contribution in [2.75, 3.05) is 6.61 Å². The molecule has 0 aromatic carbocycles. The first-order valence-electron chi connectivity index (χ1n) is 18.5. The van der Waals surface area contributed by atoms with Gasteiger partial charge >= 0.3 is 17.9 Å². The Kier molecular flexibility index (Phi) is 50.5. The van der Waals surface area contributed by atoms with Gasteiger partial charge in [0.2, 0.25) is 0 Å². The fourth-order valence-corrected chi connectivity index (χ4v) is 4.73. The molecule has 0 amide bonds. The largest absolute Gasteiger partial charge is 0.481 e. The van der Waals surface area contributed by atoms with Crippen LogP contribution >= 0.6 is 0 Å². The van der Waals surface area contributed by atoms with Crippen molar-refractivity contribution in [1.82, 2.24) is 0 Å². The van der Waals surface area contributed by atoms with Gasteiger partial charge in [0.25, 0.3) is 0 Å². The molecule has 0 saturated carbocycles. The average Bonchev–Trinajstić information content (AvgIpc) is 3.03. The van der Waals surface area contributed by atoms with Crippen LogP contribution in [0.4, 0.5) is 0 Å². The third-order valence-electron chi connectivity index (χ3n) is 7.59. The van der Waals surface area contributed by atoms with E-state index < -0.39 is 24.5 Å². The van der Waals surface area contributed by atoms with Gasteiger partial charge in [-0.1, -0.05) is 128 Å². The van der Waals surface area contributed by atoms with Crippen molar-refractivity contribution in [1.29, 1.82) is 0 Å². The molecule has 0 rings (SSSR count). The molecule has 0 bridgehead atoms. The molecule has 48 heavy (non-hydrogen) atoms. The summed E-state index contributed by atoms with van der Waals surface area (Å²) in [7, 11) is 0. The van der Waals surface area contributed by atoms with Crippen LogP contribution in [-0.2, 0) is 36.1 Å². The molecule has 0 spiro atoms. The monoisotopic (exact) mass is 720 g/mol. The SMILES string of the molecule is CCCCCCC(O)C/C=C\CCCCCCCC(=O)O.CCCCCCC(O)C/C=C\CCCCCCCC(=O)O.O=C(O)CO.[Ti]. The van der Waals surface area contributed by atoms with E-state index in [9.17, 15) is 19.8 Å². The van der Waals surface area contributed by atoms with Gasteiger partial charge in [-0.25, -0.2) is 4.79 Å². The maximum Gasteiger partial charge on any atom is 0.329 e. The average molecular weight is 721 g/mol. The number of allylic oxidation sites excluding steroid dienone is 2. The minimum atomic E-state index is -1.19. The number of aliphatic hydroxyl groups excluding tert-OH is 3. The minimum absolute atomic E-state index is 0. The summed E-state index contributed by atoms with van der Waals surface area (Å²) < 4.78 is 0. The third kappa shape index (κ3) is 56.8. The Hall–Kier alpha value is -1.52. The molecular weight excluding hydrogens is 648 g/mol. The van der Waals surface area contributed by atoms with Crippen molar-refractivity contribution < 1.29 is 66.7 Å². The molecule has 282 valence electrons. The Morgan fingerprint density at radius 2 is 0.792 bits per heavy atom. The minimum Gasteiger partial charge on any atom is -0.481 e. The predicted octanol–water partition coefficient (Wildman–Crippen LogP) is 9.22. The number of rotatable bonds is 31. The maximum absolute atomic E-state index is 10.3. The molecule has 6 N–H and O–H groups in total. The Morgan fingerprint density at radius 1 is 0.479 bits per heavy atom. The Labute approximate surface area is 307 Å². The van der Waals surface area contributed by atoms with Crippen LogP contribution in [0.15, 0.2) is 24.3 Å².